The van der Waals surface area contributed by atoms with Gasteiger partial charge in [-0.3, -0.25) is 67.1 Å². The minimum Gasteiger partial charge on any atom is -0.394 e. The molecule has 0 spiro atoms. The van der Waals surface area contributed by atoms with Crippen LogP contribution in [0.3, 0.4) is 0 Å². The number of benzene rings is 1. The molecule has 1 aromatic carbocycles. The van der Waals surface area contributed by atoms with Gasteiger partial charge in [-0.15, -0.1) is 0 Å². The van der Waals surface area contributed by atoms with Gasteiger partial charge in [0, 0.05) is 48.7 Å². The van der Waals surface area contributed by atoms with Crippen molar-refractivity contribution in [3.63, 3.8) is 0 Å². The summed E-state index contributed by atoms with van der Waals surface area (Å²) < 4.78 is 0. The Morgan fingerprint density at radius 2 is 0.727 bits per heavy atom. The number of amides is 14. The zero-order valence-electron chi connectivity index (χ0n) is 61.4. The van der Waals surface area contributed by atoms with Crippen LogP contribution in [0.2, 0.25) is 0 Å². The Morgan fingerprint density at radius 1 is 0.394 bits per heavy atom. The summed E-state index contributed by atoms with van der Waals surface area (Å²) in [5.41, 5.74) is 0.574. The lowest BCUT2D eigenvalue weighted by Gasteiger charge is -2.37. The summed E-state index contributed by atoms with van der Waals surface area (Å²) in [6.45, 7) is 19.4. The van der Waals surface area contributed by atoms with Crippen molar-refractivity contribution < 1.29 is 87.5 Å². The molecule has 1 aromatic rings. The number of hydrogen-bond donors (Lipinski definition) is 12. The van der Waals surface area contributed by atoms with Crippen LogP contribution in [0.5, 0.6) is 0 Å². The molecule has 12 N–H and O–H groups in total. The van der Waals surface area contributed by atoms with Gasteiger partial charge in [0.2, 0.25) is 82.7 Å². The molecule has 1 aliphatic heterocycles. The van der Waals surface area contributed by atoms with Gasteiger partial charge in [0.05, 0.1) is 38.5 Å². The molecule has 0 bridgehead atoms. The Labute approximate surface area is 581 Å². The fourth-order valence-corrected chi connectivity index (χ4v) is 11.3. The number of aliphatic hydroxyl groups is 4. The molecule has 15 atom stereocenters. The van der Waals surface area contributed by atoms with E-state index in [2.05, 4.69) is 42.5 Å². The molecule has 0 radical (unpaired) electrons. The topological polar surface area (TPSA) is 436 Å². The monoisotopic (exact) mass is 1400 g/mol. The Hall–Kier alpha value is -8.36. The Kier molecular flexibility index (Phi) is 34.5. The van der Waals surface area contributed by atoms with Crippen molar-refractivity contribution in [1.29, 1.82) is 0 Å². The minimum atomic E-state index is -1.75. The first-order valence-electron chi connectivity index (χ1n) is 33.5. The van der Waals surface area contributed by atoms with Crippen molar-refractivity contribution >= 4 is 82.7 Å². The highest BCUT2D eigenvalue weighted by Crippen LogP contribution is 2.21. The average molecular weight is 1400 g/mol. The van der Waals surface area contributed by atoms with Crippen LogP contribution in [-0.4, -0.2) is 286 Å². The molecule has 32 nitrogen and oxygen atoms in total. The molecular weight excluding hydrogens is 1290 g/mol. The predicted octanol–water partition coefficient (Wildman–Crippen LogP) is -3.56. The zero-order valence-corrected chi connectivity index (χ0v) is 61.4. The summed E-state index contributed by atoms with van der Waals surface area (Å²) in [5, 5.41) is 63.9. The van der Waals surface area contributed by atoms with Crippen molar-refractivity contribution in [2.75, 3.05) is 68.6 Å². The lowest BCUT2D eigenvalue weighted by atomic mass is 9.95. The normalized spacial score (nSPS) is 27.3. The van der Waals surface area contributed by atoms with E-state index in [1.165, 1.54) is 63.1 Å². The maximum atomic E-state index is 14.7. The van der Waals surface area contributed by atoms with E-state index in [1.54, 1.807) is 113 Å². The fraction of sp³-hybridized carbons (Fsp3) is 0.701. The van der Waals surface area contributed by atoms with Gasteiger partial charge in [-0.1, -0.05) is 120 Å². The number of carbonyl (C=O) groups is 14. The molecule has 0 aliphatic carbocycles. The Morgan fingerprint density at radius 3 is 1.09 bits per heavy atom. The molecule has 2 rings (SSSR count). The van der Waals surface area contributed by atoms with Crippen LogP contribution in [0.25, 0.3) is 0 Å². The number of hydrogen-bond acceptors (Lipinski definition) is 18. The number of nitrogens with one attached hydrogen (secondary N) is 8. The molecule has 99 heavy (non-hydrogen) atoms. The first-order chi connectivity index (χ1) is 46.0. The summed E-state index contributed by atoms with van der Waals surface area (Å²) in [6, 6.07) is -9.57. The molecular formula is C67H112N14O18. The smallest absolute Gasteiger partial charge is 0.248 e. The Balaban J connectivity index is 2.85. The van der Waals surface area contributed by atoms with E-state index in [9.17, 15) is 87.5 Å². The molecule has 558 valence electrons. The molecule has 14 amide bonds. The first-order valence-corrected chi connectivity index (χ1v) is 33.5. The van der Waals surface area contributed by atoms with Crippen LogP contribution in [0.4, 0.5) is 0 Å². The van der Waals surface area contributed by atoms with Crippen molar-refractivity contribution in [1.82, 2.24) is 71.9 Å². The summed E-state index contributed by atoms with van der Waals surface area (Å²) >= 11 is 0. The molecule has 1 aliphatic rings. The lowest BCUT2D eigenvalue weighted by Crippen LogP contribution is -2.64. The maximum absolute atomic E-state index is 14.7. The second kappa shape index (κ2) is 39.4. The largest absolute Gasteiger partial charge is 0.394 e. The number of likely N-dealkylation sites (N-methyl/N-ethyl adjacent to an activating group) is 6. The molecule has 1 heterocycles. The number of aliphatic hydroxyl groups excluding tert-OH is 4. The van der Waals surface area contributed by atoms with Gasteiger partial charge in [-0.05, 0) is 61.8 Å². The molecule has 3 unspecified atom stereocenters. The lowest BCUT2D eigenvalue weighted by molar-refractivity contribution is -0.152. The standard InChI is InChI=1S/C67H112N14O18/c1-22-38(12)53-59(91)70-43(31-82)57(89)73-51(36(8)9)65(97)77(17)44(28-42-26-24-23-25-27-42)58(90)69-30-47(87)72-49(34(4)5)66(98)80(20)54(40(14)84)61(93)75-52(37(10)11)67(99)81(21)55(41(15)85)60(92)74-50(35(6)7)63(95)76(16)39(13)56(88)68-29-46(86)71-48(33(2)3)64(96)78(18)45(32-83)62(94)79(53)19/h23-27,33-41,43-45,48-55,82-85H,22,28-32H2,1-21H3,(H,68,88)(H,69,90)(H,70,91)(H,71,86)(H,72,87)(H,73,89)(H,74,92)(H,75,93)/t38?,39-,40?,41?,43+,44-,45+,48+,49+,50+,51+,52+,53+,54+,55+/m1/s1. The van der Waals surface area contributed by atoms with E-state index in [-0.39, 0.29) is 12.8 Å². The van der Waals surface area contributed by atoms with Crippen LogP contribution < -0.4 is 42.5 Å². The van der Waals surface area contributed by atoms with Gasteiger partial charge in [0.15, 0.2) is 0 Å². The van der Waals surface area contributed by atoms with Crippen LogP contribution in [0.15, 0.2) is 30.3 Å². The van der Waals surface area contributed by atoms with Crippen molar-refractivity contribution in [2.24, 2.45) is 35.5 Å². The van der Waals surface area contributed by atoms with E-state index in [0.29, 0.717) is 5.56 Å². The second-order valence-corrected chi connectivity index (χ2v) is 27.4. The summed E-state index contributed by atoms with van der Waals surface area (Å²) in [4.78, 5) is 205. The molecule has 0 aromatic heterocycles. The highest BCUT2D eigenvalue weighted by Gasteiger charge is 2.45. The van der Waals surface area contributed by atoms with Gasteiger partial charge in [-0.2, -0.15) is 0 Å². The van der Waals surface area contributed by atoms with E-state index < -0.39 is 229 Å². The number of rotatable bonds is 13. The summed E-state index contributed by atoms with van der Waals surface area (Å²) in [6.07, 6.45) is -3.10. The molecule has 1 fully saturated rings. The highest BCUT2D eigenvalue weighted by molar-refractivity contribution is 6.00. The predicted molar refractivity (Wildman–Crippen MR) is 364 cm³/mol. The number of nitrogens with zero attached hydrogens (tertiary/aromatic N) is 6. The summed E-state index contributed by atoms with van der Waals surface area (Å²) in [5.74, 6) is -17.0. The maximum Gasteiger partial charge on any atom is 0.248 e. The van der Waals surface area contributed by atoms with Crippen molar-refractivity contribution in [2.45, 2.75) is 201 Å². The van der Waals surface area contributed by atoms with Crippen molar-refractivity contribution in [3.05, 3.63) is 35.9 Å². The van der Waals surface area contributed by atoms with E-state index in [1.807, 2.05) is 0 Å². The van der Waals surface area contributed by atoms with Gasteiger partial charge in [0.25, 0.3) is 0 Å². The molecule has 1 saturated heterocycles. The third kappa shape index (κ3) is 23.4. The second-order valence-electron chi connectivity index (χ2n) is 27.4. The molecule has 0 saturated carbocycles. The van der Waals surface area contributed by atoms with Crippen LogP contribution in [0, 0.1) is 35.5 Å². The van der Waals surface area contributed by atoms with Gasteiger partial charge < -0.3 is 92.4 Å². The third-order valence-electron chi connectivity index (χ3n) is 18.0. The fourth-order valence-electron chi connectivity index (χ4n) is 11.3. The SMILES string of the molecule is CCC(C)[C@H]1C(=O)N[C@@H](CO)C(=O)N[C@@H](C(C)C)C(=O)N(C)[C@H](Cc2ccccc2)C(=O)NCC(=O)N[C@@H](C(C)C)C(=O)N(C)[C@@H](C(C)O)C(=O)N[C@@H](C(C)C)C(=O)N(C)[C@@H](C(C)O)C(=O)N[C@@H](C(C)C)C(=O)N(C)[C@H](C)C(=O)NCC(=O)N[C@@H](C(C)C)C(=O)N(C)[C@@H](CO)C(=O)N1C. The van der Waals surface area contributed by atoms with E-state index in [0.717, 1.165) is 29.4 Å². The quantitative estimate of drug-likeness (QED) is 0.0909. The van der Waals surface area contributed by atoms with Crippen molar-refractivity contribution in [3.8, 4) is 0 Å². The molecule has 32 heteroatoms. The van der Waals surface area contributed by atoms with Gasteiger partial charge in [-0.25, -0.2) is 0 Å². The summed E-state index contributed by atoms with van der Waals surface area (Å²) in [7, 11) is 7.35. The van der Waals surface area contributed by atoms with Crippen LogP contribution in [0.1, 0.15) is 116 Å². The van der Waals surface area contributed by atoms with E-state index >= 15 is 0 Å². The number of carbonyl (C=O) groups excluding carboxylic acids is 14. The van der Waals surface area contributed by atoms with Crippen LogP contribution >= 0.6 is 0 Å². The van der Waals surface area contributed by atoms with Crippen LogP contribution in [-0.2, 0) is 73.5 Å². The van der Waals surface area contributed by atoms with Gasteiger partial charge in [0.1, 0.15) is 72.5 Å². The Bertz CT molecular complexity index is 2990. The highest BCUT2D eigenvalue weighted by atomic mass is 16.3. The van der Waals surface area contributed by atoms with Gasteiger partial charge >= 0.3 is 0 Å². The van der Waals surface area contributed by atoms with E-state index in [4.69, 9.17) is 0 Å². The average Bonchev–Trinajstić information content (AvgIpc) is 0.826. The zero-order chi connectivity index (χ0) is 76.1. The minimum absolute atomic E-state index is 0.125. The third-order valence-corrected chi connectivity index (χ3v) is 18.0. The first kappa shape index (κ1) is 86.7.